The molecule has 1 aliphatic heterocycles. The van der Waals surface area contributed by atoms with Crippen molar-refractivity contribution in [2.45, 2.75) is 32.7 Å². The molecule has 0 saturated carbocycles. The predicted octanol–water partition coefficient (Wildman–Crippen LogP) is 1.38. The lowest BCUT2D eigenvalue weighted by atomic mass is 9.99. The van der Waals surface area contributed by atoms with Crippen LogP contribution in [0.25, 0.3) is 0 Å². The zero-order chi connectivity index (χ0) is 21.7. The van der Waals surface area contributed by atoms with Crippen molar-refractivity contribution in [3.63, 3.8) is 0 Å². The van der Waals surface area contributed by atoms with Crippen molar-refractivity contribution in [2.75, 3.05) is 26.4 Å². The van der Waals surface area contributed by atoms with E-state index < -0.39 is 11.8 Å². The van der Waals surface area contributed by atoms with Crippen LogP contribution in [0.1, 0.15) is 41.5 Å². The number of imide groups is 1. The van der Waals surface area contributed by atoms with Crippen molar-refractivity contribution in [1.29, 1.82) is 0 Å². The van der Waals surface area contributed by atoms with Crippen molar-refractivity contribution in [2.24, 2.45) is 5.92 Å². The lowest BCUT2D eigenvalue weighted by molar-refractivity contribution is -0.133. The molecule has 2 N–H and O–H groups in total. The van der Waals surface area contributed by atoms with Gasteiger partial charge in [0.2, 0.25) is 5.91 Å². The molecule has 0 radical (unpaired) electrons. The molecule has 0 spiro atoms. The zero-order valence-corrected chi connectivity index (χ0v) is 16.9. The van der Waals surface area contributed by atoms with Gasteiger partial charge < -0.3 is 14.9 Å². The van der Waals surface area contributed by atoms with Crippen LogP contribution in [-0.2, 0) is 17.8 Å². The van der Waals surface area contributed by atoms with Crippen LogP contribution in [-0.4, -0.2) is 62.8 Å². The Balaban J connectivity index is 2.07. The van der Waals surface area contributed by atoms with Crippen molar-refractivity contribution in [3.05, 3.63) is 47.0 Å². The second-order valence-corrected chi connectivity index (χ2v) is 7.12. The minimum atomic E-state index is -0.595. The molecule has 3 rings (SSSR count). The van der Waals surface area contributed by atoms with Gasteiger partial charge in [-0.15, -0.1) is 0 Å². The largest absolute Gasteiger partial charge is 0.465 e. The van der Waals surface area contributed by atoms with Crippen molar-refractivity contribution in [3.8, 4) is 6.01 Å². The number of aliphatic hydroxyl groups is 2. The Hall–Kier alpha value is -2.78. The molecular weight excluding hydrogens is 393 g/mol. The standard InChI is InChI=1S/C21H26FN3O5/c1-2-30-21-23-17-12-15(8-11-27)19(28)24(9-3-10-26)20(29)18(17)25(21)13-14-4-6-16(22)7-5-14/h4-7,15,26-27H,2-3,8-13H2,1H3. The number of aromatic nitrogens is 2. The quantitative estimate of drug-likeness (QED) is 0.595. The van der Waals surface area contributed by atoms with Gasteiger partial charge in [0.1, 0.15) is 11.5 Å². The number of rotatable bonds is 9. The van der Waals surface area contributed by atoms with Crippen molar-refractivity contribution >= 4 is 11.8 Å². The lowest BCUT2D eigenvalue weighted by Crippen LogP contribution is -2.41. The summed E-state index contributed by atoms with van der Waals surface area (Å²) >= 11 is 0. The molecule has 162 valence electrons. The van der Waals surface area contributed by atoms with Crippen LogP contribution in [0.15, 0.2) is 24.3 Å². The van der Waals surface area contributed by atoms with E-state index in [1.807, 2.05) is 0 Å². The summed E-state index contributed by atoms with van der Waals surface area (Å²) in [5, 5.41) is 18.6. The summed E-state index contributed by atoms with van der Waals surface area (Å²) < 4.78 is 20.6. The highest BCUT2D eigenvalue weighted by atomic mass is 19.1. The second-order valence-electron chi connectivity index (χ2n) is 7.12. The SMILES string of the molecule is CCOc1nc2c(n1Cc1ccc(F)cc1)C(=O)N(CCCO)C(=O)C(CCO)C2. The van der Waals surface area contributed by atoms with E-state index in [0.717, 1.165) is 10.5 Å². The molecule has 2 aromatic rings. The van der Waals surface area contributed by atoms with Crippen LogP contribution in [0.2, 0.25) is 0 Å². The number of ether oxygens (including phenoxy) is 1. The maximum Gasteiger partial charge on any atom is 0.297 e. The molecule has 1 unspecified atom stereocenters. The average Bonchev–Trinajstić information content (AvgIpc) is 3.01. The minimum absolute atomic E-state index is 0.0707. The van der Waals surface area contributed by atoms with Gasteiger partial charge in [-0.2, -0.15) is 4.98 Å². The van der Waals surface area contributed by atoms with Crippen LogP contribution in [0.4, 0.5) is 4.39 Å². The molecule has 1 aromatic heterocycles. The van der Waals surface area contributed by atoms with E-state index in [1.54, 1.807) is 23.6 Å². The number of carbonyl (C=O) groups excluding carboxylic acids is 2. The number of hydrogen-bond donors (Lipinski definition) is 2. The van der Waals surface area contributed by atoms with Crippen molar-refractivity contribution in [1.82, 2.24) is 14.5 Å². The van der Waals surface area contributed by atoms with E-state index in [1.165, 1.54) is 12.1 Å². The predicted molar refractivity (Wildman–Crippen MR) is 106 cm³/mol. The Bertz CT molecular complexity index is 897. The number of benzene rings is 1. The fraction of sp³-hybridized carbons (Fsp3) is 0.476. The van der Waals surface area contributed by atoms with Crippen LogP contribution in [0.5, 0.6) is 6.01 Å². The highest BCUT2D eigenvalue weighted by Gasteiger charge is 2.38. The van der Waals surface area contributed by atoms with Gasteiger partial charge in [0, 0.05) is 32.1 Å². The molecule has 30 heavy (non-hydrogen) atoms. The van der Waals surface area contributed by atoms with Crippen LogP contribution >= 0.6 is 0 Å². The maximum atomic E-state index is 13.4. The number of halogens is 1. The number of amides is 2. The Morgan fingerprint density at radius 1 is 1.20 bits per heavy atom. The first-order chi connectivity index (χ1) is 14.5. The maximum absolute atomic E-state index is 13.4. The van der Waals surface area contributed by atoms with Gasteiger partial charge in [-0.25, -0.2) is 4.39 Å². The third kappa shape index (κ3) is 4.52. The Morgan fingerprint density at radius 3 is 2.57 bits per heavy atom. The molecule has 1 aromatic carbocycles. The van der Waals surface area contributed by atoms with Crippen LogP contribution in [0, 0.1) is 11.7 Å². The van der Waals surface area contributed by atoms with Crippen LogP contribution in [0.3, 0.4) is 0 Å². The summed E-state index contributed by atoms with van der Waals surface area (Å²) in [5.74, 6) is -1.85. The van der Waals surface area contributed by atoms with E-state index in [2.05, 4.69) is 4.98 Å². The van der Waals surface area contributed by atoms with E-state index >= 15 is 0 Å². The highest BCUT2D eigenvalue weighted by Crippen LogP contribution is 2.29. The van der Waals surface area contributed by atoms with E-state index in [9.17, 15) is 24.2 Å². The van der Waals surface area contributed by atoms with E-state index in [4.69, 9.17) is 4.74 Å². The first-order valence-corrected chi connectivity index (χ1v) is 10.0. The molecule has 1 aliphatic rings. The summed E-state index contributed by atoms with van der Waals surface area (Å²) in [6, 6.07) is 6.14. The minimum Gasteiger partial charge on any atom is -0.465 e. The monoisotopic (exact) mass is 419 g/mol. The molecule has 8 nitrogen and oxygen atoms in total. The zero-order valence-electron chi connectivity index (χ0n) is 16.9. The molecule has 2 amide bonds. The summed E-state index contributed by atoms with van der Waals surface area (Å²) in [6.07, 6.45) is 0.658. The number of nitrogens with zero attached hydrogens (tertiary/aromatic N) is 3. The van der Waals surface area contributed by atoms with Crippen molar-refractivity contribution < 1.29 is 28.9 Å². The molecule has 2 heterocycles. The number of fused-ring (bicyclic) bond motifs is 1. The van der Waals surface area contributed by atoms with E-state index in [0.29, 0.717) is 12.3 Å². The molecule has 0 bridgehead atoms. The smallest absolute Gasteiger partial charge is 0.297 e. The van der Waals surface area contributed by atoms with Gasteiger partial charge in [-0.3, -0.25) is 19.1 Å². The third-order valence-electron chi connectivity index (χ3n) is 5.05. The number of hydrogen-bond acceptors (Lipinski definition) is 6. The highest BCUT2D eigenvalue weighted by molar-refractivity contribution is 6.06. The molecule has 1 atom stereocenters. The van der Waals surface area contributed by atoms with Gasteiger partial charge in [-0.05, 0) is 37.5 Å². The van der Waals surface area contributed by atoms with Gasteiger partial charge in [-0.1, -0.05) is 12.1 Å². The summed E-state index contributed by atoms with van der Waals surface area (Å²) in [6.45, 7) is 2.07. The van der Waals surface area contributed by atoms with Gasteiger partial charge in [0.15, 0.2) is 0 Å². The first-order valence-electron chi connectivity index (χ1n) is 10.0. The third-order valence-corrected chi connectivity index (χ3v) is 5.05. The Kier molecular flexibility index (Phi) is 7.17. The molecule has 0 saturated heterocycles. The number of aliphatic hydroxyl groups excluding tert-OH is 2. The van der Waals surface area contributed by atoms with E-state index in [-0.39, 0.29) is 69.0 Å². The number of imidazole rings is 1. The molecule has 0 aliphatic carbocycles. The molecule has 9 heteroatoms. The number of carbonyl (C=O) groups is 2. The fourth-order valence-electron chi connectivity index (χ4n) is 3.61. The van der Waals surface area contributed by atoms with Gasteiger partial charge in [0.05, 0.1) is 18.8 Å². The fourth-order valence-corrected chi connectivity index (χ4v) is 3.61. The topological polar surface area (TPSA) is 105 Å². The van der Waals surface area contributed by atoms with Gasteiger partial charge >= 0.3 is 0 Å². The second kappa shape index (κ2) is 9.82. The molecule has 0 fully saturated rings. The first kappa shape index (κ1) is 21.9. The Morgan fingerprint density at radius 2 is 1.93 bits per heavy atom. The summed E-state index contributed by atoms with van der Waals surface area (Å²) in [5.41, 5.74) is 1.42. The van der Waals surface area contributed by atoms with Crippen LogP contribution < -0.4 is 4.74 Å². The summed E-state index contributed by atoms with van der Waals surface area (Å²) in [7, 11) is 0. The lowest BCUT2D eigenvalue weighted by Gasteiger charge is -2.23. The normalized spacial score (nSPS) is 16.5. The Labute approximate surface area is 173 Å². The molecular formula is C21H26FN3O5. The van der Waals surface area contributed by atoms with Gasteiger partial charge in [0.25, 0.3) is 11.9 Å². The average molecular weight is 419 g/mol. The summed E-state index contributed by atoms with van der Waals surface area (Å²) in [4.78, 5) is 31.9.